The van der Waals surface area contributed by atoms with E-state index in [1.165, 1.54) is 22.9 Å². The third kappa shape index (κ3) is 4.07. The second-order valence-corrected chi connectivity index (χ2v) is 5.70. The van der Waals surface area contributed by atoms with Crippen LogP contribution in [0.5, 0.6) is 0 Å². The molecule has 0 aliphatic heterocycles. The molecule has 0 radical (unpaired) electrons. The summed E-state index contributed by atoms with van der Waals surface area (Å²) in [5.41, 5.74) is 0.132. The van der Waals surface area contributed by atoms with Crippen LogP contribution in [0.25, 0.3) is 0 Å². The lowest BCUT2D eigenvalue weighted by Crippen LogP contribution is -2.38. The van der Waals surface area contributed by atoms with Crippen LogP contribution in [0.1, 0.15) is 30.3 Å². The number of ether oxygens (including phenoxy) is 1. The van der Waals surface area contributed by atoms with E-state index in [2.05, 4.69) is 9.97 Å². The zero-order chi connectivity index (χ0) is 15.4. The molecule has 0 spiro atoms. The van der Waals surface area contributed by atoms with Crippen molar-refractivity contribution in [3.63, 3.8) is 0 Å². The van der Waals surface area contributed by atoms with Crippen LogP contribution in [0.15, 0.2) is 11.4 Å². The molecule has 1 aliphatic carbocycles. The van der Waals surface area contributed by atoms with Gasteiger partial charge in [0.15, 0.2) is 10.9 Å². The molecule has 21 heavy (non-hydrogen) atoms. The van der Waals surface area contributed by atoms with Gasteiger partial charge in [-0.3, -0.25) is 9.59 Å². The number of thioether (sulfide) groups is 1. The summed E-state index contributed by atoms with van der Waals surface area (Å²) in [6, 6.07) is 0.0608. The Hall–Kier alpha value is -1.34. The molecule has 1 aliphatic rings. The van der Waals surface area contributed by atoms with Gasteiger partial charge >= 0.3 is 5.97 Å². The third-order valence-corrected chi connectivity index (χ3v) is 3.80. The fraction of sp³-hybridized carbons (Fsp3) is 0.538. The van der Waals surface area contributed by atoms with Crippen molar-refractivity contribution in [2.45, 2.75) is 31.0 Å². The van der Waals surface area contributed by atoms with E-state index < -0.39 is 5.97 Å². The van der Waals surface area contributed by atoms with Gasteiger partial charge in [-0.15, -0.1) is 0 Å². The monoisotopic (exact) mass is 329 g/mol. The van der Waals surface area contributed by atoms with Gasteiger partial charge in [-0.2, -0.15) is 0 Å². The van der Waals surface area contributed by atoms with Crippen LogP contribution in [-0.4, -0.2) is 52.2 Å². The quantitative estimate of drug-likeness (QED) is 0.451. The number of amides is 1. The van der Waals surface area contributed by atoms with Crippen molar-refractivity contribution in [1.29, 1.82) is 0 Å². The summed E-state index contributed by atoms with van der Waals surface area (Å²) in [5.74, 6) is -0.777. The summed E-state index contributed by atoms with van der Waals surface area (Å²) in [7, 11) is 0. The largest absolute Gasteiger partial charge is 0.465 e. The van der Waals surface area contributed by atoms with Gasteiger partial charge in [-0.05, 0) is 26.0 Å². The van der Waals surface area contributed by atoms with Gasteiger partial charge in [-0.25, -0.2) is 9.97 Å². The molecule has 1 fully saturated rings. The highest BCUT2D eigenvalue weighted by molar-refractivity contribution is 7.98. The van der Waals surface area contributed by atoms with Gasteiger partial charge in [0.25, 0.3) is 5.91 Å². The number of nitrogens with zero attached hydrogens (tertiary/aromatic N) is 3. The number of esters is 1. The van der Waals surface area contributed by atoms with E-state index in [9.17, 15) is 9.59 Å². The fourth-order valence-corrected chi connectivity index (χ4v) is 2.35. The Balaban J connectivity index is 2.20. The summed E-state index contributed by atoms with van der Waals surface area (Å²) in [5, 5.41) is 0.655. The molecule has 0 atom stereocenters. The van der Waals surface area contributed by atoms with E-state index in [1.54, 1.807) is 6.92 Å². The summed E-state index contributed by atoms with van der Waals surface area (Å²) in [6.07, 6.45) is 4.98. The van der Waals surface area contributed by atoms with Gasteiger partial charge in [0, 0.05) is 6.04 Å². The standard InChI is InChI=1S/C13H16ClN3O3S/c1-3-20-10(18)7-17(8-4-5-8)12(19)11-9(14)6-15-13(16-11)21-2/h6,8H,3-5,7H2,1-2H3. The van der Waals surface area contributed by atoms with Crippen LogP contribution in [0, 0.1) is 0 Å². The molecule has 6 nitrogen and oxygen atoms in total. The maximum Gasteiger partial charge on any atom is 0.325 e. The molecular weight excluding hydrogens is 314 g/mol. The number of carbonyl (C=O) groups excluding carboxylic acids is 2. The molecule has 1 amide bonds. The van der Waals surface area contributed by atoms with Gasteiger partial charge in [0.1, 0.15) is 6.54 Å². The number of aromatic nitrogens is 2. The highest BCUT2D eigenvalue weighted by Gasteiger charge is 2.36. The minimum atomic E-state index is -0.423. The highest BCUT2D eigenvalue weighted by Crippen LogP contribution is 2.29. The van der Waals surface area contributed by atoms with Crippen LogP contribution in [0.2, 0.25) is 5.02 Å². The Kier molecular flexibility index (Phi) is 5.41. The van der Waals surface area contributed by atoms with Gasteiger partial charge in [0.05, 0.1) is 17.8 Å². The van der Waals surface area contributed by atoms with Crippen LogP contribution in [0.3, 0.4) is 0 Å². The number of rotatable bonds is 6. The Labute approximate surface area is 132 Å². The van der Waals surface area contributed by atoms with Crippen molar-refractivity contribution in [2.75, 3.05) is 19.4 Å². The van der Waals surface area contributed by atoms with Crippen molar-refractivity contribution >= 4 is 35.2 Å². The molecule has 8 heteroatoms. The third-order valence-electron chi connectivity index (χ3n) is 2.96. The molecular formula is C13H16ClN3O3S. The maximum atomic E-state index is 12.6. The molecule has 0 unspecified atom stereocenters. The fourth-order valence-electron chi connectivity index (χ4n) is 1.83. The predicted molar refractivity (Wildman–Crippen MR) is 79.5 cm³/mol. The molecule has 1 aromatic heterocycles. The second-order valence-electron chi connectivity index (χ2n) is 4.52. The Morgan fingerprint density at radius 3 is 2.81 bits per heavy atom. The van der Waals surface area contributed by atoms with Gasteiger partial charge in [0.2, 0.25) is 0 Å². The lowest BCUT2D eigenvalue weighted by Gasteiger charge is -2.21. The number of hydrogen-bond donors (Lipinski definition) is 0. The summed E-state index contributed by atoms with van der Waals surface area (Å²) >= 11 is 7.34. The first kappa shape index (κ1) is 16.0. The van der Waals surface area contributed by atoms with Crippen molar-refractivity contribution in [3.05, 3.63) is 16.9 Å². The summed E-state index contributed by atoms with van der Waals surface area (Å²) in [4.78, 5) is 33.9. The van der Waals surface area contributed by atoms with Gasteiger partial charge < -0.3 is 9.64 Å². The van der Waals surface area contributed by atoms with Crippen molar-refractivity contribution in [2.24, 2.45) is 0 Å². The van der Waals surface area contributed by atoms with Crippen LogP contribution in [0.4, 0.5) is 0 Å². The zero-order valence-corrected chi connectivity index (χ0v) is 13.4. The molecule has 1 aromatic rings. The van der Waals surface area contributed by atoms with E-state index in [-0.39, 0.29) is 35.8 Å². The van der Waals surface area contributed by atoms with Crippen molar-refractivity contribution < 1.29 is 14.3 Å². The smallest absolute Gasteiger partial charge is 0.325 e. The number of halogens is 1. The molecule has 1 saturated carbocycles. The Morgan fingerprint density at radius 1 is 1.52 bits per heavy atom. The first-order valence-corrected chi connectivity index (χ1v) is 8.20. The Morgan fingerprint density at radius 2 is 2.24 bits per heavy atom. The van der Waals surface area contributed by atoms with Crippen LogP contribution >= 0.6 is 23.4 Å². The minimum Gasteiger partial charge on any atom is -0.465 e. The number of hydrogen-bond acceptors (Lipinski definition) is 6. The van der Waals surface area contributed by atoms with E-state index in [1.807, 2.05) is 6.26 Å². The highest BCUT2D eigenvalue weighted by atomic mass is 35.5. The summed E-state index contributed by atoms with van der Waals surface area (Å²) in [6.45, 7) is 1.94. The first-order chi connectivity index (χ1) is 10.1. The van der Waals surface area contributed by atoms with E-state index in [4.69, 9.17) is 16.3 Å². The minimum absolute atomic E-state index is 0.0608. The average Bonchev–Trinajstić information content (AvgIpc) is 3.29. The predicted octanol–water partition coefficient (Wildman–Crippen LogP) is 2.02. The molecule has 2 rings (SSSR count). The normalized spacial score (nSPS) is 13.9. The maximum absolute atomic E-state index is 12.6. The number of carbonyl (C=O) groups is 2. The molecule has 0 aromatic carbocycles. The molecule has 1 heterocycles. The van der Waals surface area contributed by atoms with Crippen molar-refractivity contribution in [3.8, 4) is 0 Å². The van der Waals surface area contributed by atoms with E-state index in [0.29, 0.717) is 5.16 Å². The lowest BCUT2D eigenvalue weighted by atomic mass is 10.3. The van der Waals surface area contributed by atoms with Crippen molar-refractivity contribution in [1.82, 2.24) is 14.9 Å². The van der Waals surface area contributed by atoms with E-state index in [0.717, 1.165) is 12.8 Å². The lowest BCUT2D eigenvalue weighted by molar-refractivity contribution is -0.144. The second kappa shape index (κ2) is 7.09. The molecule has 0 bridgehead atoms. The van der Waals surface area contributed by atoms with Crippen LogP contribution < -0.4 is 0 Å². The zero-order valence-electron chi connectivity index (χ0n) is 11.8. The Bertz CT molecular complexity index is 551. The van der Waals surface area contributed by atoms with E-state index >= 15 is 0 Å². The summed E-state index contributed by atoms with van der Waals surface area (Å²) < 4.78 is 4.91. The average molecular weight is 330 g/mol. The first-order valence-electron chi connectivity index (χ1n) is 6.60. The SMILES string of the molecule is CCOC(=O)CN(C(=O)c1nc(SC)ncc1Cl)C1CC1. The molecule has 0 saturated heterocycles. The van der Waals surface area contributed by atoms with Crippen LogP contribution in [-0.2, 0) is 9.53 Å². The van der Waals surface area contributed by atoms with Gasteiger partial charge in [-0.1, -0.05) is 23.4 Å². The molecule has 0 N–H and O–H groups in total. The molecule has 114 valence electrons. The topological polar surface area (TPSA) is 72.4 Å².